The van der Waals surface area contributed by atoms with Crippen LogP contribution in [-0.2, 0) is 0 Å². The Balaban J connectivity index is 4.74. The second-order valence-corrected chi connectivity index (χ2v) is 4.65. The number of hydrogen-bond acceptors (Lipinski definition) is 0. The van der Waals surface area contributed by atoms with E-state index in [1.807, 2.05) is 0 Å². The Labute approximate surface area is 102 Å². The van der Waals surface area contributed by atoms with Gasteiger partial charge < -0.3 is 0 Å². The van der Waals surface area contributed by atoms with Crippen LogP contribution >= 0.6 is 69.6 Å². The molecule has 0 aliphatic heterocycles. The van der Waals surface area contributed by atoms with Gasteiger partial charge >= 0.3 is 0 Å². The molecule has 0 radical (unpaired) electrons. The van der Waals surface area contributed by atoms with Gasteiger partial charge in [-0.3, -0.25) is 0 Å². The van der Waals surface area contributed by atoms with Crippen LogP contribution in [0.1, 0.15) is 0 Å². The van der Waals surface area contributed by atoms with E-state index in [-0.39, 0.29) is 11.8 Å². The van der Waals surface area contributed by atoms with Gasteiger partial charge in [0.1, 0.15) is 9.67 Å². The van der Waals surface area contributed by atoms with E-state index in [9.17, 15) is 0 Å². The summed E-state index contributed by atoms with van der Waals surface area (Å²) in [6.45, 7) is 0. The largest absolute Gasteiger partial charge is 0.130 e. The molecule has 0 aromatic carbocycles. The first-order valence-electron chi connectivity index (χ1n) is 2.94. The van der Waals surface area contributed by atoms with Crippen molar-refractivity contribution in [2.45, 2.75) is 9.67 Å². The molecule has 0 nitrogen and oxygen atoms in total. The van der Waals surface area contributed by atoms with Gasteiger partial charge in [-0.25, -0.2) is 0 Å². The van der Waals surface area contributed by atoms with Gasteiger partial charge in [-0.05, 0) is 11.1 Å². The maximum atomic E-state index is 5.61. The average molecular weight is 291 g/mol. The first-order chi connectivity index (χ1) is 5.54. The van der Waals surface area contributed by atoms with Gasteiger partial charge in [-0.1, -0.05) is 0 Å². The highest BCUT2D eigenvalue weighted by Crippen LogP contribution is 2.26. The molecule has 0 heterocycles. The molecule has 0 N–H and O–H groups in total. The molecule has 0 fully saturated rings. The minimum Gasteiger partial charge on any atom is -0.122 e. The van der Waals surface area contributed by atoms with Gasteiger partial charge in [-0.15, -0.1) is 69.6 Å². The molecular formula is C6H6Cl6. The molecule has 0 atom stereocenters. The van der Waals surface area contributed by atoms with E-state index in [0.29, 0.717) is 11.1 Å². The van der Waals surface area contributed by atoms with Crippen molar-refractivity contribution in [3.63, 3.8) is 0 Å². The van der Waals surface area contributed by atoms with Crippen molar-refractivity contribution in [3.8, 4) is 0 Å². The molecule has 0 saturated heterocycles. The molecule has 0 unspecified atom stereocenters. The minimum absolute atomic E-state index is 0.176. The number of hydrogen-bond donors (Lipinski definition) is 0. The molecule has 6 heteroatoms. The summed E-state index contributed by atoms with van der Waals surface area (Å²) < 4.78 is 0. The molecular weight excluding hydrogens is 285 g/mol. The highest BCUT2D eigenvalue weighted by atomic mass is 35.5. The van der Waals surface area contributed by atoms with Crippen molar-refractivity contribution in [2.24, 2.45) is 0 Å². The molecule has 72 valence electrons. The highest BCUT2D eigenvalue weighted by molar-refractivity contribution is 6.49. The van der Waals surface area contributed by atoms with Crippen LogP contribution < -0.4 is 0 Å². The van der Waals surface area contributed by atoms with E-state index < -0.39 is 9.67 Å². The normalized spacial score (nSPS) is 14.0. The van der Waals surface area contributed by atoms with Crippen molar-refractivity contribution >= 4 is 69.6 Å². The SMILES string of the molecule is ClC/C(=C(/CCl)C(Cl)Cl)C(Cl)Cl. The first-order valence-corrected chi connectivity index (χ1v) is 5.76. The predicted octanol–water partition coefficient (Wildman–Crippen LogP) is 4.37. The van der Waals surface area contributed by atoms with E-state index in [4.69, 9.17) is 69.6 Å². The minimum atomic E-state index is -0.712. The first kappa shape index (κ1) is 13.5. The quantitative estimate of drug-likeness (QED) is 0.533. The van der Waals surface area contributed by atoms with Gasteiger partial charge in [-0.2, -0.15) is 0 Å². The van der Waals surface area contributed by atoms with E-state index in [1.165, 1.54) is 0 Å². The van der Waals surface area contributed by atoms with E-state index in [0.717, 1.165) is 0 Å². The smallest absolute Gasteiger partial charge is 0.122 e. The Morgan fingerprint density at radius 1 is 0.750 bits per heavy atom. The average Bonchev–Trinajstić information content (AvgIpc) is 1.98. The van der Waals surface area contributed by atoms with Gasteiger partial charge in [0, 0.05) is 11.8 Å². The van der Waals surface area contributed by atoms with Gasteiger partial charge in [0.25, 0.3) is 0 Å². The lowest BCUT2D eigenvalue weighted by molar-refractivity contribution is 1.18. The fourth-order valence-corrected chi connectivity index (χ4v) is 2.41. The number of allylic oxidation sites excluding steroid dienone is 2. The lowest BCUT2D eigenvalue weighted by Crippen LogP contribution is -2.08. The molecule has 0 spiro atoms. The molecule has 0 amide bonds. The Morgan fingerprint density at radius 2 is 1.00 bits per heavy atom. The lowest BCUT2D eigenvalue weighted by atomic mass is 10.2. The van der Waals surface area contributed by atoms with Crippen molar-refractivity contribution in [3.05, 3.63) is 11.1 Å². The van der Waals surface area contributed by atoms with Crippen LogP contribution in [0.25, 0.3) is 0 Å². The zero-order valence-corrected chi connectivity index (χ0v) is 10.4. The van der Waals surface area contributed by atoms with Crippen LogP contribution in [-0.4, -0.2) is 21.4 Å². The Bertz CT molecular complexity index is 143. The zero-order chi connectivity index (χ0) is 9.72. The summed E-state index contributed by atoms with van der Waals surface area (Å²) in [6, 6.07) is 0. The van der Waals surface area contributed by atoms with Crippen LogP contribution in [0.4, 0.5) is 0 Å². The fourth-order valence-electron chi connectivity index (χ4n) is 0.569. The highest BCUT2D eigenvalue weighted by Gasteiger charge is 2.17. The summed E-state index contributed by atoms with van der Waals surface area (Å²) in [7, 11) is 0. The lowest BCUT2D eigenvalue weighted by Gasteiger charge is -2.12. The molecule has 0 aromatic heterocycles. The third-order valence-electron chi connectivity index (χ3n) is 1.23. The summed E-state index contributed by atoms with van der Waals surface area (Å²) in [5.41, 5.74) is 1.15. The molecule has 0 aromatic rings. The van der Waals surface area contributed by atoms with Crippen molar-refractivity contribution < 1.29 is 0 Å². The van der Waals surface area contributed by atoms with Gasteiger partial charge in [0.15, 0.2) is 0 Å². The molecule has 0 rings (SSSR count). The Morgan fingerprint density at radius 3 is 1.08 bits per heavy atom. The maximum Gasteiger partial charge on any atom is 0.130 e. The van der Waals surface area contributed by atoms with Crippen LogP contribution in [0.3, 0.4) is 0 Å². The maximum absolute atomic E-state index is 5.61. The Hall–Kier alpha value is 1.48. The van der Waals surface area contributed by atoms with Crippen molar-refractivity contribution in [2.75, 3.05) is 11.8 Å². The second kappa shape index (κ2) is 6.86. The molecule has 12 heavy (non-hydrogen) atoms. The van der Waals surface area contributed by atoms with Crippen molar-refractivity contribution in [1.29, 1.82) is 0 Å². The topological polar surface area (TPSA) is 0 Å². The van der Waals surface area contributed by atoms with E-state index >= 15 is 0 Å². The molecule has 0 aliphatic carbocycles. The van der Waals surface area contributed by atoms with Gasteiger partial charge in [0.05, 0.1) is 0 Å². The number of halogens is 6. The monoisotopic (exact) mass is 288 g/mol. The third-order valence-corrected chi connectivity index (χ3v) is 2.86. The number of rotatable bonds is 4. The van der Waals surface area contributed by atoms with Crippen LogP contribution in [0.5, 0.6) is 0 Å². The van der Waals surface area contributed by atoms with Crippen molar-refractivity contribution in [1.82, 2.24) is 0 Å². The van der Waals surface area contributed by atoms with Crippen LogP contribution in [0.2, 0.25) is 0 Å². The van der Waals surface area contributed by atoms with E-state index in [2.05, 4.69) is 0 Å². The van der Waals surface area contributed by atoms with Crippen LogP contribution in [0, 0.1) is 0 Å². The predicted molar refractivity (Wildman–Crippen MR) is 59.5 cm³/mol. The molecule has 0 bridgehead atoms. The zero-order valence-electron chi connectivity index (χ0n) is 5.84. The Kier molecular flexibility index (Phi) is 7.71. The standard InChI is InChI=1S/C6H6Cl6/c7-1-3(5(9)10)4(2-8)6(11)12/h5-6H,1-2H2/b4-3+. The summed E-state index contributed by atoms with van der Waals surface area (Å²) >= 11 is 33.6. The third kappa shape index (κ3) is 4.13. The summed E-state index contributed by atoms with van der Waals surface area (Å²) in [4.78, 5) is -1.42. The fraction of sp³-hybridized carbons (Fsp3) is 0.667. The molecule has 0 aliphatic rings. The second-order valence-electron chi connectivity index (χ2n) is 1.92. The molecule has 0 saturated carbocycles. The number of alkyl halides is 6. The van der Waals surface area contributed by atoms with E-state index in [1.54, 1.807) is 0 Å². The van der Waals surface area contributed by atoms with Crippen LogP contribution in [0.15, 0.2) is 11.1 Å². The summed E-state index contributed by atoms with van der Waals surface area (Å²) in [5, 5.41) is 0. The summed E-state index contributed by atoms with van der Waals surface area (Å²) in [5.74, 6) is 0.353. The van der Waals surface area contributed by atoms with Gasteiger partial charge in [0.2, 0.25) is 0 Å². The summed E-state index contributed by atoms with van der Waals surface area (Å²) in [6.07, 6.45) is 0.